The summed E-state index contributed by atoms with van der Waals surface area (Å²) in [5, 5.41) is 12.9. The van der Waals surface area contributed by atoms with Crippen molar-refractivity contribution >= 4 is 5.91 Å². The molecule has 0 aromatic heterocycles. The van der Waals surface area contributed by atoms with Gasteiger partial charge in [-0.3, -0.25) is 4.79 Å². The Kier molecular flexibility index (Phi) is 3.05. The summed E-state index contributed by atoms with van der Waals surface area (Å²) in [4.78, 5) is 12.3. The van der Waals surface area contributed by atoms with Gasteiger partial charge in [0.1, 0.15) is 0 Å². The van der Waals surface area contributed by atoms with Gasteiger partial charge in [-0.05, 0) is 60.1 Å². The van der Waals surface area contributed by atoms with Crippen LogP contribution in [0, 0.1) is 0 Å². The van der Waals surface area contributed by atoms with Gasteiger partial charge in [0, 0.05) is 12.1 Å². The van der Waals surface area contributed by atoms with Gasteiger partial charge in [0.15, 0.2) is 0 Å². The smallest absolute Gasteiger partial charge is 0.251 e. The van der Waals surface area contributed by atoms with Crippen LogP contribution in [0.5, 0.6) is 0 Å². The van der Waals surface area contributed by atoms with Crippen LogP contribution in [-0.4, -0.2) is 23.2 Å². The Balaban J connectivity index is 1.53. The minimum atomic E-state index is -0.678. The molecule has 2 aromatic carbocycles. The van der Waals surface area contributed by atoms with Gasteiger partial charge in [-0.2, -0.15) is 0 Å². The molecule has 0 aliphatic heterocycles. The Morgan fingerprint density at radius 1 is 1.09 bits per heavy atom. The average molecular weight is 293 g/mol. The number of amides is 1. The van der Waals surface area contributed by atoms with E-state index in [0.29, 0.717) is 12.1 Å². The molecule has 0 unspecified atom stereocenters. The van der Waals surface area contributed by atoms with E-state index in [4.69, 9.17) is 0 Å². The first-order valence-corrected chi connectivity index (χ1v) is 7.86. The van der Waals surface area contributed by atoms with Crippen LogP contribution in [0.4, 0.5) is 0 Å². The average Bonchev–Trinajstić information content (AvgIpc) is 2.88. The first-order valence-electron chi connectivity index (χ1n) is 7.86. The summed E-state index contributed by atoms with van der Waals surface area (Å²) >= 11 is 0. The van der Waals surface area contributed by atoms with Gasteiger partial charge in [-0.1, -0.05) is 30.3 Å². The lowest BCUT2D eigenvalue weighted by molar-refractivity contribution is -0.0300. The maximum absolute atomic E-state index is 12.3. The highest BCUT2D eigenvalue weighted by Crippen LogP contribution is 2.36. The lowest BCUT2D eigenvalue weighted by Crippen LogP contribution is -2.47. The van der Waals surface area contributed by atoms with Crippen LogP contribution in [0.3, 0.4) is 0 Å². The van der Waals surface area contributed by atoms with Crippen molar-refractivity contribution in [1.82, 2.24) is 5.32 Å². The lowest BCUT2D eigenvalue weighted by atomic mass is 9.80. The van der Waals surface area contributed by atoms with Crippen molar-refractivity contribution in [1.29, 1.82) is 0 Å². The van der Waals surface area contributed by atoms with Crippen molar-refractivity contribution in [2.45, 2.75) is 31.3 Å². The molecule has 0 spiro atoms. The minimum Gasteiger partial charge on any atom is -0.388 e. The number of benzene rings is 2. The fraction of sp³-hybridized carbons (Fsp3) is 0.316. The van der Waals surface area contributed by atoms with E-state index in [2.05, 4.69) is 23.5 Å². The zero-order valence-electron chi connectivity index (χ0n) is 12.4. The zero-order valence-corrected chi connectivity index (χ0v) is 12.4. The SMILES string of the molecule is O=C(NCC1(O)CCC1)c1ccc2c(c1)Cc1ccccc1-2. The van der Waals surface area contributed by atoms with Crippen LogP contribution in [0.25, 0.3) is 11.1 Å². The number of carbonyl (C=O) groups excluding carboxylic acids is 1. The molecule has 2 aliphatic rings. The molecule has 3 nitrogen and oxygen atoms in total. The quantitative estimate of drug-likeness (QED) is 0.780. The fourth-order valence-corrected chi connectivity index (χ4v) is 3.39. The molecular weight excluding hydrogens is 274 g/mol. The van der Waals surface area contributed by atoms with Gasteiger partial charge in [-0.25, -0.2) is 0 Å². The predicted octanol–water partition coefficient (Wildman–Crippen LogP) is 2.90. The normalized spacial score (nSPS) is 17.3. The third kappa shape index (κ3) is 2.22. The van der Waals surface area contributed by atoms with Crippen molar-refractivity contribution in [3.05, 3.63) is 59.2 Å². The molecule has 0 radical (unpaired) electrons. The van der Waals surface area contributed by atoms with E-state index in [0.717, 1.165) is 25.7 Å². The largest absolute Gasteiger partial charge is 0.388 e. The summed E-state index contributed by atoms with van der Waals surface area (Å²) in [5.74, 6) is -0.0981. The summed E-state index contributed by atoms with van der Waals surface area (Å²) in [5.41, 5.74) is 5.02. The van der Waals surface area contributed by atoms with Gasteiger partial charge < -0.3 is 10.4 Å². The van der Waals surface area contributed by atoms with E-state index < -0.39 is 5.60 Å². The topological polar surface area (TPSA) is 49.3 Å². The summed E-state index contributed by atoms with van der Waals surface area (Å²) in [6.07, 6.45) is 3.50. The third-order valence-corrected chi connectivity index (χ3v) is 4.92. The predicted molar refractivity (Wildman–Crippen MR) is 85.8 cm³/mol. The summed E-state index contributed by atoms with van der Waals surface area (Å²) in [7, 11) is 0. The van der Waals surface area contributed by atoms with Gasteiger partial charge in [0.2, 0.25) is 0 Å². The molecule has 0 heterocycles. The lowest BCUT2D eigenvalue weighted by Gasteiger charge is -2.36. The molecule has 0 bridgehead atoms. The van der Waals surface area contributed by atoms with E-state index in [9.17, 15) is 9.90 Å². The fourth-order valence-electron chi connectivity index (χ4n) is 3.39. The van der Waals surface area contributed by atoms with Crippen molar-refractivity contribution in [2.24, 2.45) is 0 Å². The Labute approximate surface area is 130 Å². The second-order valence-corrected chi connectivity index (χ2v) is 6.47. The standard InChI is InChI=1S/C19H19NO2/c21-18(20-12-19(22)8-3-9-19)14-6-7-17-15(11-14)10-13-4-1-2-5-16(13)17/h1-2,4-7,11,22H,3,8-10,12H2,(H,20,21). The number of fused-ring (bicyclic) bond motifs is 3. The Hall–Kier alpha value is -2.13. The first kappa shape index (κ1) is 13.5. The van der Waals surface area contributed by atoms with Crippen LogP contribution in [0.15, 0.2) is 42.5 Å². The third-order valence-electron chi connectivity index (χ3n) is 4.92. The van der Waals surface area contributed by atoms with E-state index in [-0.39, 0.29) is 5.91 Å². The second-order valence-electron chi connectivity index (χ2n) is 6.47. The van der Waals surface area contributed by atoms with E-state index in [1.165, 1.54) is 22.3 Å². The van der Waals surface area contributed by atoms with Crippen LogP contribution >= 0.6 is 0 Å². The highest BCUT2D eigenvalue weighted by atomic mass is 16.3. The Morgan fingerprint density at radius 2 is 1.86 bits per heavy atom. The summed E-state index contributed by atoms with van der Waals surface area (Å²) in [6.45, 7) is 0.350. The highest BCUT2D eigenvalue weighted by molar-refractivity contribution is 5.95. The molecule has 2 aliphatic carbocycles. The molecule has 0 atom stereocenters. The van der Waals surface area contributed by atoms with Crippen molar-refractivity contribution < 1.29 is 9.90 Å². The maximum atomic E-state index is 12.3. The molecule has 22 heavy (non-hydrogen) atoms. The number of hydrogen-bond donors (Lipinski definition) is 2. The molecule has 2 aromatic rings. The number of nitrogens with one attached hydrogen (secondary N) is 1. The van der Waals surface area contributed by atoms with E-state index in [1.54, 1.807) is 0 Å². The number of carbonyl (C=O) groups is 1. The number of hydrogen-bond acceptors (Lipinski definition) is 2. The molecule has 1 saturated carbocycles. The monoisotopic (exact) mass is 293 g/mol. The molecule has 1 amide bonds. The van der Waals surface area contributed by atoms with Gasteiger partial charge in [-0.15, -0.1) is 0 Å². The molecule has 2 N–H and O–H groups in total. The van der Waals surface area contributed by atoms with Crippen LogP contribution in [-0.2, 0) is 6.42 Å². The van der Waals surface area contributed by atoms with Crippen molar-refractivity contribution in [3.8, 4) is 11.1 Å². The number of aliphatic hydroxyl groups is 1. The summed E-state index contributed by atoms with van der Waals surface area (Å²) in [6, 6.07) is 14.3. The molecule has 4 rings (SSSR count). The van der Waals surface area contributed by atoms with Crippen LogP contribution in [0.1, 0.15) is 40.7 Å². The van der Waals surface area contributed by atoms with Gasteiger partial charge >= 0.3 is 0 Å². The van der Waals surface area contributed by atoms with Crippen LogP contribution in [0.2, 0.25) is 0 Å². The van der Waals surface area contributed by atoms with Gasteiger partial charge in [0.25, 0.3) is 5.91 Å². The van der Waals surface area contributed by atoms with Crippen molar-refractivity contribution in [3.63, 3.8) is 0 Å². The molecule has 112 valence electrons. The Bertz CT molecular complexity index is 747. The van der Waals surface area contributed by atoms with Gasteiger partial charge in [0.05, 0.1) is 5.60 Å². The first-order chi connectivity index (χ1) is 10.6. The molecule has 1 fully saturated rings. The zero-order chi connectivity index (χ0) is 15.2. The molecule has 3 heteroatoms. The summed E-state index contributed by atoms with van der Waals surface area (Å²) < 4.78 is 0. The number of rotatable bonds is 3. The van der Waals surface area contributed by atoms with Crippen LogP contribution < -0.4 is 5.32 Å². The maximum Gasteiger partial charge on any atom is 0.251 e. The minimum absolute atomic E-state index is 0.0981. The van der Waals surface area contributed by atoms with E-state index in [1.807, 2.05) is 24.3 Å². The van der Waals surface area contributed by atoms with Crippen molar-refractivity contribution in [2.75, 3.05) is 6.54 Å². The molecular formula is C19H19NO2. The highest BCUT2D eigenvalue weighted by Gasteiger charge is 2.34. The molecule has 0 saturated heterocycles. The Morgan fingerprint density at radius 3 is 2.64 bits per heavy atom. The second kappa shape index (κ2) is 4.96. The van der Waals surface area contributed by atoms with E-state index >= 15 is 0 Å².